The highest BCUT2D eigenvalue weighted by Crippen LogP contribution is 2.17. The van der Waals surface area contributed by atoms with Gasteiger partial charge in [0.05, 0.1) is 0 Å². The Morgan fingerprint density at radius 3 is 2.90 bits per heavy atom. The highest BCUT2D eigenvalue weighted by molar-refractivity contribution is 7.89. The Morgan fingerprint density at radius 1 is 1.45 bits per heavy atom. The number of benzene rings is 1. The van der Waals surface area contributed by atoms with Crippen LogP contribution in [0.4, 0.5) is 4.39 Å². The van der Waals surface area contributed by atoms with E-state index in [1.807, 2.05) is 0 Å². The predicted molar refractivity (Wildman–Crippen MR) is 64.3 cm³/mol. The van der Waals surface area contributed by atoms with Gasteiger partial charge in [-0.2, -0.15) is 10.2 Å². The van der Waals surface area contributed by atoms with E-state index in [0.717, 1.165) is 18.5 Å². The first-order valence-corrected chi connectivity index (χ1v) is 6.96. The highest BCUT2D eigenvalue weighted by Gasteiger charge is 2.20. The average molecular weight is 296 g/mol. The van der Waals surface area contributed by atoms with Crippen LogP contribution in [0.25, 0.3) is 0 Å². The lowest BCUT2D eigenvalue weighted by atomic mass is 10.2. The molecule has 20 heavy (non-hydrogen) atoms. The normalized spacial score (nSPS) is 11.2. The van der Waals surface area contributed by atoms with Crippen LogP contribution in [0, 0.1) is 17.1 Å². The summed E-state index contributed by atoms with van der Waals surface area (Å²) in [5.41, 5.74) is -0.514. The third-order valence-electron chi connectivity index (χ3n) is 2.42. The molecule has 0 fully saturated rings. The number of nitriles is 1. The Hall–Kier alpha value is -2.31. The Morgan fingerprint density at radius 2 is 2.25 bits per heavy atom. The summed E-state index contributed by atoms with van der Waals surface area (Å²) in [4.78, 5) is 3.34. The molecule has 0 saturated carbocycles. The number of rotatable bonds is 5. The van der Waals surface area contributed by atoms with Gasteiger partial charge in [-0.1, -0.05) is 11.2 Å². The fourth-order valence-corrected chi connectivity index (χ4v) is 2.71. The average Bonchev–Trinajstić information content (AvgIpc) is 2.91. The van der Waals surface area contributed by atoms with Gasteiger partial charge in [0.25, 0.3) is 0 Å². The lowest BCUT2D eigenvalue weighted by Gasteiger charge is -2.07. The monoisotopic (exact) mass is 296 g/mol. The molecule has 0 saturated heterocycles. The van der Waals surface area contributed by atoms with Crippen molar-refractivity contribution in [2.75, 3.05) is 6.54 Å². The van der Waals surface area contributed by atoms with Gasteiger partial charge in [0.1, 0.15) is 22.3 Å². The minimum atomic E-state index is -3.98. The summed E-state index contributed by atoms with van der Waals surface area (Å²) in [7, 11) is -3.98. The third kappa shape index (κ3) is 2.98. The molecule has 7 nitrogen and oxygen atoms in total. The van der Waals surface area contributed by atoms with E-state index in [0.29, 0.717) is 5.82 Å². The van der Waals surface area contributed by atoms with Crippen molar-refractivity contribution in [2.45, 2.75) is 11.3 Å². The van der Waals surface area contributed by atoms with E-state index in [2.05, 4.69) is 19.4 Å². The van der Waals surface area contributed by atoms with Crippen LogP contribution in [-0.4, -0.2) is 25.1 Å². The molecule has 0 bridgehead atoms. The maximum atomic E-state index is 13.4. The molecular formula is C11H9FN4O3S. The molecular weight excluding hydrogens is 287 g/mol. The molecule has 0 aliphatic heterocycles. The molecule has 0 radical (unpaired) electrons. The van der Waals surface area contributed by atoms with Gasteiger partial charge >= 0.3 is 0 Å². The van der Waals surface area contributed by atoms with Crippen LogP contribution in [0.2, 0.25) is 0 Å². The zero-order valence-electron chi connectivity index (χ0n) is 10.1. The van der Waals surface area contributed by atoms with Crippen LogP contribution >= 0.6 is 0 Å². The van der Waals surface area contributed by atoms with Crippen LogP contribution in [-0.2, 0) is 16.4 Å². The summed E-state index contributed by atoms with van der Waals surface area (Å²) in [5, 5.41) is 12.3. The fraction of sp³-hybridized carbons (Fsp3) is 0.182. The topological polar surface area (TPSA) is 109 Å². The summed E-state index contributed by atoms with van der Waals surface area (Å²) in [6.45, 7) is 0.00322. The van der Waals surface area contributed by atoms with E-state index >= 15 is 0 Å². The molecule has 2 rings (SSSR count). The van der Waals surface area contributed by atoms with Gasteiger partial charge < -0.3 is 4.52 Å². The smallest absolute Gasteiger partial charge is 0.242 e. The molecule has 9 heteroatoms. The molecule has 2 aromatic rings. The van der Waals surface area contributed by atoms with E-state index in [9.17, 15) is 12.8 Å². The van der Waals surface area contributed by atoms with E-state index in [1.165, 1.54) is 6.07 Å². The van der Waals surface area contributed by atoms with Crippen molar-refractivity contribution in [1.82, 2.24) is 14.9 Å². The first kappa shape index (κ1) is 14.1. The minimum Gasteiger partial charge on any atom is -0.343 e. The van der Waals surface area contributed by atoms with Gasteiger partial charge in [-0.15, -0.1) is 0 Å². The number of sulfonamides is 1. The van der Waals surface area contributed by atoms with Gasteiger partial charge in [0, 0.05) is 13.0 Å². The van der Waals surface area contributed by atoms with Gasteiger partial charge in [0.15, 0.2) is 5.82 Å². The lowest BCUT2D eigenvalue weighted by molar-refractivity contribution is 0.410. The molecule has 104 valence electrons. The van der Waals surface area contributed by atoms with Crippen molar-refractivity contribution in [3.05, 3.63) is 41.8 Å². The van der Waals surface area contributed by atoms with Gasteiger partial charge in [-0.05, 0) is 12.1 Å². The van der Waals surface area contributed by atoms with Crippen LogP contribution < -0.4 is 4.72 Å². The predicted octanol–water partition coefficient (Wildman–Crippen LogP) is 0.601. The number of hydrogen-bond donors (Lipinski definition) is 1. The zero-order chi connectivity index (χ0) is 14.6. The number of halogens is 1. The van der Waals surface area contributed by atoms with Crippen molar-refractivity contribution >= 4 is 10.0 Å². The van der Waals surface area contributed by atoms with Crippen LogP contribution in [0.3, 0.4) is 0 Å². The maximum Gasteiger partial charge on any atom is 0.242 e. The van der Waals surface area contributed by atoms with E-state index < -0.39 is 26.3 Å². The highest BCUT2D eigenvalue weighted by atomic mass is 32.2. The quantitative estimate of drug-likeness (QED) is 0.865. The largest absolute Gasteiger partial charge is 0.343 e. The standard InChI is InChI=1S/C11H9FN4O3S/c12-9-2-1-3-10(8(9)6-13)20(17,18)15-5-4-11-14-7-19-16-11/h1-3,7,15H,4-5H2. The molecule has 0 unspecified atom stereocenters. The Balaban J connectivity index is 2.15. The van der Waals surface area contributed by atoms with E-state index in [-0.39, 0.29) is 13.0 Å². The second kappa shape index (κ2) is 5.77. The first-order valence-electron chi connectivity index (χ1n) is 5.48. The summed E-state index contributed by atoms with van der Waals surface area (Å²) >= 11 is 0. The first-order chi connectivity index (χ1) is 9.54. The number of aromatic nitrogens is 2. The number of hydrogen-bond acceptors (Lipinski definition) is 6. The van der Waals surface area contributed by atoms with Gasteiger partial charge in [-0.3, -0.25) is 0 Å². The molecule has 0 aliphatic carbocycles. The SMILES string of the molecule is N#Cc1c(F)cccc1S(=O)(=O)NCCc1ncon1. The molecule has 0 amide bonds. The Bertz CT molecular complexity index is 738. The third-order valence-corrected chi connectivity index (χ3v) is 3.93. The van der Waals surface area contributed by atoms with Crippen molar-refractivity contribution in [3.8, 4) is 6.07 Å². The Kier molecular flexibility index (Phi) is 4.07. The van der Waals surface area contributed by atoms with Crippen molar-refractivity contribution < 1.29 is 17.3 Å². The molecule has 0 aliphatic rings. The second-order valence-electron chi connectivity index (χ2n) is 3.72. The van der Waals surface area contributed by atoms with Crippen molar-refractivity contribution in [1.29, 1.82) is 5.26 Å². The summed E-state index contributed by atoms with van der Waals surface area (Å²) < 4.78 is 44.1. The van der Waals surface area contributed by atoms with Crippen molar-refractivity contribution in [2.24, 2.45) is 0 Å². The number of nitrogens with one attached hydrogen (secondary N) is 1. The van der Waals surface area contributed by atoms with Crippen LogP contribution in [0.15, 0.2) is 34.0 Å². The maximum absolute atomic E-state index is 13.4. The van der Waals surface area contributed by atoms with Crippen molar-refractivity contribution in [3.63, 3.8) is 0 Å². The minimum absolute atomic E-state index is 0.00322. The summed E-state index contributed by atoms with van der Waals surface area (Å²) in [6.07, 6.45) is 1.34. The van der Waals surface area contributed by atoms with E-state index in [1.54, 1.807) is 6.07 Å². The Labute approximate surface area is 114 Å². The fourth-order valence-electron chi connectivity index (χ4n) is 1.51. The zero-order valence-corrected chi connectivity index (χ0v) is 10.9. The molecule has 0 spiro atoms. The summed E-state index contributed by atoms with van der Waals surface area (Å²) in [5.74, 6) is -0.541. The van der Waals surface area contributed by atoms with Gasteiger partial charge in [0.2, 0.25) is 16.4 Å². The van der Waals surface area contributed by atoms with Crippen LogP contribution in [0.5, 0.6) is 0 Å². The molecule has 1 N–H and O–H groups in total. The lowest BCUT2D eigenvalue weighted by Crippen LogP contribution is -2.27. The summed E-state index contributed by atoms with van der Waals surface area (Å²) in [6, 6.07) is 4.96. The van der Waals surface area contributed by atoms with E-state index in [4.69, 9.17) is 5.26 Å². The molecule has 1 aromatic carbocycles. The molecule has 0 atom stereocenters. The van der Waals surface area contributed by atoms with Gasteiger partial charge in [-0.25, -0.2) is 17.5 Å². The molecule has 1 heterocycles. The second-order valence-corrected chi connectivity index (χ2v) is 5.46. The van der Waals surface area contributed by atoms with Crippen LogP contribution in [0.1, 0.15) is 11.4 Å². The molecule has 1 aromatic heterocycles. The number of nitrogens with zero attached hydrogens (tertiary/aromatic N) is 3.